The highest BCUT2D eigenvalue weighted by molar-refractivity contribution is 5.95. The summed E-state index contributed by atoms with van der Waals surface area (Å²) in [4.78, 5) is 34.1. The van der Waals surface area contributed by atoms with Crippen LogP contribution in [0.15, 0.2) is 67.1 Å². The van der Waals surface area contributed by atoms with Gasteiger partial charge in [0.15, 0.2) is 17.2 Å². The van der Waals surface area contributed by atoms with E-state index in [1.807, 2.05) is 18.2 Å². The molecule has 1 aromatic carbocycles. The Morgan fingerprint density at radius 2 is 1.85 bits per heavy atom. The smallest absolute Gasteiger partial charge is 0.227 e. The first-order valence-corrected chi connectivity index (χ1v) is 12.9. The predicted octanol–water partition coefficient (Wildman–Crippen LogP) is 5.89. The zero-order valence-corrected chi connectivity index (χ0v) is 20.8. The fourth-order valence-corrected chi connectivity index (χ4v) is 5.23. The van der Waals surface area contributed by atoms with Crippen LogP contribution in [0.2, 0.25) is 0 Å². The zero-order valence-electron chi connectivity index (χ0n) is 20.8. The maximum atomic E-state index is 14.6. The number of nitrogens with zero attached hydrogens (tertiary/aromatic N) is 5. The van der Waals surface area contributed by atoms with Crippen molar-refractivity contribution in [1.82, 2.24) is 35.1 Å². The molecule has 0 spiro atoms. The van der Waals surface area contributed by atoms with Crippen molar-refractivity contribution in [3.8, 4) is 33.9 Å². The minimum absolute atomic E-state index is 0.0419. The van der Waals surface area contributed by atoms with Gasteiger partial charge in [0.2, 0.25) is 5.91 Å². The molecular weight excluding hydrogens is 495 g/mol. The van der Waals surface area contributed by atoms with E-state index in [0.29, 0.717) is 50.7 Å². The van der Waals surface area contributed by atoms with Gasteiger partial charge < -0.3 is 10.3 Å². The Bertz CT molecular complexity index is 1850. The third kappa shape index (κ3) is 4.19. The lowest BCUT2D eigenvalue weighted by molar-refractivity contribution is -0.119. The summed E-state index contributed by atoms with van der Waals surface area (Å²) < 4.78 is 14.6. The second kappa shape index (κ2) is 9.39. The molecule has 1 aliphatic carbocycles. The minimum Gasteiger partial charge on any atom is -0.324 e. The fraction of sp³-hybridized carbons (Fsp3) is 0.172. The molecular formula is C29H23FN8O. The molecule has 0 radical (unpaired) electrons. The molecule has 6 aromatic rings. The minimum atomic E-state index is -0.332. The van der Waals surface area contributed by atoms with Gasteiger partial charge >= 0.3 is 0 Å². The van der Waals surface area contributed by atoms with E-state index in [1.54, 1.807) is 42.9 Å². The predicted molar refractivity (Wildman–Crippen MR) is 146 cm³/mol. The van der Waals surface area contributed by atoms with Gasteiger partial charge in [-0.1, -0.05) is 31.0 Å². The van der Waals surface area contributed by atoms with Crippen LogP contribution in [0.25, 0.3) is 56.1 Å². The van der Waals surface area contributed by atoms with Gasteiger partial charge in [0.1, 0.15) is 16.9 Å². The lowest BCUT2D eigenvalue weighted by Gasteiger charge is -2.11. The average Bonchev–Trinajstić information content (AvgIpc) is 3.73. The number of H-pyrrole nitrogens is 2. The molecule has 10 heteroatoms. The topological polar surface area (TPSA) is 125 Å². The number of rotatable bonds is 5. The maximum absolute atomic E-state index is 14.6. The number of fused-ring (bicyclic) bond motifs is 2. The lowest BCUT2D eigenvalue weighted by atomic mass is 10.1. The number of anilines is 1. The summed E-state index contributed by atoms with van der Waals surface area (Å²) >= 11 is 0. The van der Waals surface area contributed by atoms with Crippen LogP contribution in [-0.2, 0) is 4.79 Å². The molecule has 5 heterocycles. The van der Waals surface area contributed by atoms with Gasteiger partial charge in [-0.25, -0.2) is 19.3 Å². The van der Waals surface area contributed by atoms with Crippen molar-refractivity contribution in [3.63, 3.8) is 0 Å². The molecule has 0 aliphatic heterocycles. The molecule has 7 rings (SSSR count). The number of halogens is 1. The number of carbonyl (C=O) groups excluding carboxylic acids is 1. The normalized spacial score (nSPS) is 13.9. The number of aromatic amines is 2. The van der Waals surface area contributed by atoms with Crippen molar-refractivity contribution in [3.05, 3.63) is 72.9 Å². The van der Waals surface area contributed by atoms with Crippen molar-refractivity contribution < 1.29 is 9.18 Å². The van der Waals surface area contributed by atoms with E-state index >= 15 is 0 Å². The van der Waals surface area contributed by atoms with Crippen LogP contribution in [0.4, 0.5) is 10.1 Å². The first kappa shape index (κ1) is 23.2. The number of pyridine rings is 3. The standard InChI is InChI=1S/C29H23FN8O/c30-21-8-4-3-7-19(21)20-11-12-32-27-24(20)35-28(36-27)26-25-23(37-38-26)10-9-22(34-25)17-13-18(15-31-14-17)33-29(39)16-5-1-2-6-16/h3-4,7-16H,1-2,5-6H2,(H,33,39)(H,37,38)(H,32,35,36). The molecule has 0 atom stereocenters. The van der Waals surface area contributed by atoms with Crippen LogP contribution in [0.1, 0.15) is 25.7 Å². The van der Waals surface area contributed by atoms with E-state index in [4.69, 9.17) is 9.97 Å². The molecule has 1 aliphatic rings. The van der Waals surface area contributed by atoms with E-state index in [2.05, 4.69) is 30.5 Å². The molecule has 0 unspecified atom stereocenters. The van der Waals surface area contributed by atoms with E-state index in [9.17, 15) is 9.18 Å². The van der Waals surface area contributed by atoms with Gasteiger partial charge in [-0.15, -0.1) is 0 Å². The summed E-state index contributed by atoms with van der Waals surface area (Å²) in [5, 5.41) is 10.5. The van der Waals surface area contributed by atoms with Gasteiger partial charge in [-0.3, -0.25) is 14.9 Å². The van der Waals surface area contributed by atoms with Gasteiger partial charge in [-0.05, 0) is 43.2 Å². The molecule has 3 N–H and O–H groups in total. The summed E-state index contributed by atoms with van der Waals surface area (Å²) in [5.41, 5.74) is 6.09. The maximum Gasteiger partial charge on any atom is 0.227 e. The fourth-order valence-electron chi connectivity index (χ4n) is 5.23. The monoisotopic (exact) mass is 518 g/mol. The summed E-state index contributed by atoms with van der Waals surface area (Å²) in [6.07, 6.45) is 9.03. The SMILES string of the molecule is O=C(Nc1cncc(-c2ccc3[nH]nc(-c4nc5c(-c6ccccc6F)ccnc5[nH]4)c3n2)c1)C1CCCC1. The molecule has 1 amide bonds. The number of benzene rings is 1. The number of imidazole rings is 1. The quantitative estimate of drug-likeness (QED) is 0.261. The molecule has 0 bridgehead atoms. The highest BCUT2D eigenvalue weighted by Gasteiger charge is 2.23. The molecule has 9 nitrogen and oxygen atoms in total. The van der Waals surface area contributed by atoms with Crippen LogP contribution in [0.5, 0.6) is 0 Å². The summed E-state index contributed by atoms with van der Waals surface area (Å²) in [5.74, 6) is 0.239. The average molecular weight is 519 g/mol. The first-order valence-electron chi connectivity index (χ1n) is 12.9. The Balaban J connectivity index is 1.25. The summed E-state index contributed by atoms with van der Waals surface area (Å²) in [6.45, 7) is 0. The molecule has 39 heavy (non-hydrogen) atoms. The Morgan fingerprint density at radius 3 is 2.72 bits per heavy atom. The first-order chi connectivity index (χ1) is 19.1. The second-order valence-corrected chi connectivity index (χ2v) is 9.72. The molecule has 0 saturated heterocycles. The third-order valence-corrected chi connectivity index (χ3v) is 7.21. The summed E-state index contributed by atoms with van der Waals surface area (Å²) in [6, 6.07) is 14.0. The summed E-state index contributed by atoms with van der Waals surface area (Å²) in [7, 11) is 0. The highest BCUT2D eigenvalue weighted by Crippen LogP contribution is 2.32. The number of aromatic nitrogens is 7. The Hall–Kier alpha value is -4.99. The van der Waals surface area contributed by atoms with E-state index < -0.39 is 0 Å². The van der Waals surface area contributed by atoms with Crippen LogP contribution in [0, 0.1) is 11.7 Å². The lowest BCUT2D eigenvalue weighted by Crippen LogP contribution is -2.20. The van der Waals surface area contributed by atoms with Crippen molar-refractivity contribution in [1.29, 1.82) is 0 Å². The Labute approximate surface area is 222 Å². The molecule has 1 fully saturated rings. The number of carbonyl (C=O) groups is 1. The van der Waals surface area contributed by atoms with Crippen LogP contribution in [0.3, 0.4) is 0 Å². The molecule has 5 aromatic heterocycles. The van der Waals surface area contributed by atoms with E-state index in [0.717, 1.165) is 36.8 Å². The Kier molecular flexibility index (Phi) is 5.58. The molecule has 1 saturated carbocycles. The zero-order chi connectivity index (χ0) is 26.3. The molecule has 192 valence electrons. The van der Waals surface area contributed by atoms with E-state index in [-0.39, 0.29) is 17.6 Å². The van der Waals surface area contributed by atoms with Gasteiger partial charge in [0, 0.05) is 35.0 Å². The van der Waals surface area contributed by atoms with Crippen LogP contribution in [-0.4, -0.2) is 41.0 Å². The van der Waals surface area contributed by atoms with Crippen LogP contribution < -0.4 is 5.32 Å². The van der Waals surface area contributed by atoms with Crippen molar-refractivity contribution in [2.45, 2.75) is 25.7 Å². The Morgan fingerprint density at radius 1 is 0.974 bits per heavy atom. The number of hydrogen-bond donors (Lipinski definition) is 3. The number of hydrogen-bond acceptors (Lipinski definition) is 6. The van der Waals surface area contributed by atoms with Crippen molar-refractivity contribution in [2.75, 3.05) is 5.32 Å². The van der Waals surface area contributed by atoms with Gasteiger partial charge in [0.25, 0.3) is 0 Å². The van der Waals surface area contributed by atoms with Crippen molar-refractivity contribution in [2.24, 2.45) is 5.92 Å². The number of nitrogens with one attached hydrogen (secondary N) is 3. The van der Waals surface area contributed by atoms with Gasteiger partial charge in [-0.2, -0.15) is 5.10 Å². The third-order valence-electron chi connectivity index (χ3n) is 7.21. The highest BCUT2D eigenvalue weighted by atomic mass is 19.1. The van der Waals surface area contributed by atoms with Crippen LogP contribution >= 0.6 is 0 Å². The second-order valence-electron chi connectivity index (χ2n) is 9.72. The van der Waals surface area contributed by atoms with Crippen molar-refractivity contribution >= 4 is 33.8 Å². The van der Waals surface area contributed by atoms with E-state index in [1.165, 1.54) is 6.07 Å². The number of amides is 1. The largest absolute Gasteiger partial charge is 0.324 e. The van der Waals surface area contributed by atoms with Gasteiger partial charge in [0.05, 0.1) is 23.1 Å².